The summed E-state index contributed by atoms with van der Waals surface area (Å²) in [6, 6.07) is 5.13. The van der Waals surface area contributed by atoms with E-state index in [-0.39, 0.29) is 41.1 Å². The number of carboxylic acids is 1. The van der Waals surface area contributed by atoms with Gasteiger partial charge in [-0.1, -0.05) is 12.1 Å². The van der Waals surface area contributed by atoms with Crippen LogP contribution in [0.2, 0.25) is 0 Å². The summed E-state index contributed by atoms with van der Waals surface area (Å²) in [5, 5.41) is 21.1. The summed E-state index contributed by atoms with van der Waals surface area (Å²) in [4.78, 5) is 20.2. The second-order valence-electron chi connectivity index (χ2n) is 8.55. The van der Waals surface area contributed by atoms with Crippen LogP contribution in [0.4, 0.5) is 35.1 Å². The zero-order valence-electron chi connectivity index (χ0n) is 20.0. The normalized spacial score (nSPS) is 12.2. The van der Waals surface area contributed by atoms with E-state index >= 15 is 0 Å². The lowest BCUT2D eigenvalue weighted by Crippen LogP contribution is -2.15. The van der Waals surface area contributed by atoms with E-state index < -0.39 is 57.9 Å². The third-order valence-corrected chi connectivity index (χ3v) is 5.81. The van der Waals surface area contributed by atoms with Gasteiger partial charge in [-0.3, -0.25) is 4.68 Å². The number of halogens is 8. The van der Waals surface area contributed by atoms with Crippen LogP contribution in [-0.2, 0) is 18.9 Å². The molecule has 5 rings (SSSR count). The van der Waals surface area contributed by atoms with Crippen LogP contribution in [-0.4, -0.2) is 41.0 Å². The van der Waals surface area contributed by atoms with Gasteiger partial charge in [0.25, 0.3) is 0 Å². The van der Waals surface area contributed by atoms with Crippen LogP contribution in [0.25, 0.3) is 34.0 Å². The van der Waals surface area contributed by atoms with Crippen LogP contribution < -0.4 is 0 Å². The molecule has 210 valence electrons. The van der Waals surface area contributed by atoms with Gasteiger partial charge in [-0.25, -0.2) is 23.5 Å². The van der Waals surface area contributed by atoms with E-state index in [1.54, 1.807) is 0 Å². The van der Waals surface area contributed by atoms with E-state index in [9.17, 15) is 45.0 Å². The lowest BCUT2D eigenvalue weighted by molar-refractivity contribution is -0.142. The first kappa shape index (κ1) is 27.5. The number of aromatic carboxylic acids is 1. The molecule has 0 radical (unpaired) electrons. The maximum Gasteiger partial charge on any atom is 0.417 e. The van der Waals surface area contributed by atoms with Crippen molar-refractivity contribution in [3.05, 3.63) is 88.9 Å². The molecule has 1 aromatic heterocycles. The average molecular weight is 580 g/mol. The number of alkyl halides is 6. The molecule has 1 N–H and O–H groups in total. The van der Waals surface area contributed by atoms with Crippen molar-refractivity contribution in [3.8, 4) is 34.0 Å². The maximum atomic E-state index is 14.2. The number of rotatable bonds is 5. The third-order valence-electron chi connectivity index (χ3n) is 5.81. The predicted molar refractivity (Wildman–Crippen MR) is 123 cm³/mol. The Morgan fingerprint density at radius 2 is 1.61 bits per heavy atom. The molecule has 2 aliphatic rings. The van der Waals surface area contributed by atoms with Gasteiger partial charge in [0, 0.05) is 5.56 Å². The summed E-state index contributed by atoms with van der Waals surface area (Å²) >= 11 is 0. The Balaban J connectivity index is 1.51. The van der Waals surface area contributed by atoms with Crippen molar-refractivity contribution in [1.29, 1.82) is 0 Å². The molecule has 0 aliphatic carbocycles. The van der Waals surface area contributed by atoms with Gasteiger partial charge < -0.3 is 5.11 Å². The fourth-order valence-electron chi connectivity index (χ4n) is 3.94. The highest BCUT2D eigenvalue weighted by Crippen LogP contribution is 2.41. The van der Waals surface area contributed by atoms with Crippen molar-refractivity contribution in [2.75, 3.05) is 0 Å². The highest BCUT2D eigenvalue weighted by Gasteiger charge is 2.39. The van der Waals surface area contributed by atoms with Gasteiger partial charge in [0.15, 0.2) is 17.5 Å². The monoisotopic (exact) mass is 580 g/mol. The van der Waals surface area contributed by atoms with Gasteiger partial charge in [0.05, 0.1) is 46.9 Å². The Labute approximate surface area is 223 Å². The number of aromatic nitrogens is 6. The number of carboxylic acid groups (broad SMARTS) is 1. The lowest BCUT2D eigenvalue weighted by atomic mass is 9.97. The van der Waals surface area contributed by atoms with Crippen LogP contribution in [0.1, 0.15) is 27.2 Å². The summed E-state index contributed by atoms with van der Waals surface area (Å²) in [6.07, 6.45) is -7.78. The minimum absolute atomic E-state index is 0.0839. The minimum Gasteiger partial charge on any atom is -0.478 e. The van der Waals surface area contributed by atoms with Crippen LogP contribution in [0.3, 0.4) is 0 Å². The summed E-state index contributed by atoms with van der Waals surface area (Å²) in [7, 11) is 0. The Morgan fingerprint density at radius 1 is 0.878 bits per heavy atom. The highest BCUT2D eigenvalue weighted by molar-refractivity contribution is 5.95. The predicted octanol–water partition coefficient (Wildman–Crippen LogP) is 5.96. The molecule has 0 unspecified atom stereocenters. The van der Waals surface area contributed by atoms with Crippen LogP contribution >= 0.6 is 0 Å². The molecule has 0 atom stereocenters. The molecule has 0 spiro atoms. The molecule has 3 heterocycles. The number of imidazole rings is 1. The molecule has 2 aliphatic heterocycles. The molecule has 0 saturated heterocycles. The first-order valence-corrected chi connectivity index (χ1v) is 11.3. The van der Waals surface area contributed by atoms with Gasteiger partial charge in [0.2, 0.25) is 0 Å². The molecule has 2 aromatic carbocycles. The molecule has 41 heavy (non-hydrogen) atoms. The number of hydrogen-bond acceptors (Lipinski definition) is 6. The Morgan fingerprint density at radius 3 is 2.29 bits per heavy atom. The van der Waals surface area contributed by atoms with E-state index in [0.717, 1.165) is 12.1 Å². The van der Waals surface area contributed by atoms with E-state index in [2.05, 4.69) is 25.3 Å². The first-order valence-electron chi connectivity index (χ1n) is 11.3. The smallest absolute Gasteiger partial charge is 0.417 e. The fraction of sp³-hybridized carbons (Fsp3) is 0.120. The minimum atomic E-state index is -5.27. The van der Waals surface area contributed by atoms with Crippen molar-refractivity contribution in [3.63, 3.8) is 0 Å². The van der Waals surface area contributed by atoms with Gasteiger partial charge >= 0.3 is 18.3 Å². The zero-order valence-corrected chi connectivity index (χ0v) is 20.0. The second-order valence-corrected chi connectivity index (χ2v) is 8.55. The number of hydrogen-bond donors (Lipinski definition) is 1. The first-order chi connectivity index (χ1) is 19.2. The van der Waals surface area contributed by atoms with Crippen LogP contribution in [0.5, 0.6) is 0 Å². The Bertz CT molecular complexity index is 1770. The zero-order chi connectivity index (χ0) is 29.7. The summed E-state index contributed by atoms with van der Waals surface area (Å²) in [6.45, 7) is -0.265. The quantitative estimate of drug-likeness (QED) is 0.256. The van der Waals surface area contributed by atoms with E-state index in [4.69, 9.17) is 0 Å². The van der Waals surface area contributed by atoms with E-state index in [1.165, 1.54) is 29.2 Å². The molecular weight excluding hydrogens is 568 g/mol. The molecule has 8 nitrogen and oxygen atoms in total. The van der Waals surface area contributed by atoms with Crippen LogP contribution in [0, 0.1) is 11.6 Å². The van der Waals surface area contributed by atoms with Gasteiger partial charge in [0.1, 0.15) is 17.1 Å². The SMILES string of the molecule is O=C(O)c1cc(Cn2cc3nc(-c4cccc(F)c4F)nc-3cn2)nnc1-c1ccc(C(F)(F)F)cc1C(F)(F)F. The number of benzene rings is 2. The third kappa shape index (κ3) is 5.39. The number of carbonyl (C=O) groups is 1. The van der Waals surface area contributed by atoms with Crippen LogP contribution in [0.15, 0.2) is 54.9 Å². The van der Waals surface area contributed by atoms with E-state index in [0.29, 0.717) is 12.1 Å². The van der Waals surface area contributed by atoms with Gasteiger partial charge in [-0.15, -0.1) is 5.10 Å². The number of nitrogens with zero attached hydrogens (tertiary/aromatic N) is 6. The lowest BCUT2D eigenvalue weighted by Gasteiger charge is -2.16. The molecule has 0 saturated carbocycles. The molecule has 0 fully saturated rings. The highest BCUT2D eigenvalue weighted by atomic mass is 19.4. The molecule has 3 aromatic rings. The second kappa shape index (κ2) is 9.87. The molecule has 0 bridgehead atoms. The summed E-state index contributed by atoms with van der Waals surface area (Å²) in [5.41, 5.74) is -5.63. The maximum absolute atomic E-state index is 14.2. The van der Waals surface area contributed by atoms with E-state index in [1.807, 2.05) is 0 Å². The van der Waals surface area contributed by atoms with Crippen molar-refractivity contribution >= 4 is 5.97 Å². The largest absolute Gasteiger partial charge is 0.478 e. The van der Waals surface area contributed by atoms with Crippen molar-refractivity contribution in [2.45, 2.75) is 18.9 Å². The van der Waals surface area contributed by atoms with Gasteiger partial charge in [-0.05, 0) is 30.3 Å². The Kier molecular flexibility index (Phi) is 6.63. The summed E-state index contributed by atoms with van der Waals surface area (Å²) in [5.74, 6) is -4.08. The standard InChI is InChI=1S/C25H12F8N6O2/c26-17-3-1-2-14(20(17)27)22-35-18-8-34-39(10-19(18)36-22)9-12-7-15(23(40)41)21(38-37-12)13-5-4-11(24(28,29)30)6-16(13)25(31,32)33/h1-8,10H,9H2,(H,40,41). The fourth-order valence-corrected chi connectivity index (χ4v) is 3.94. The summed E-state index contributed by atoms with van der Waals surface area (Å²) < 4.78 is 109. The van der Waals surface area contributed by atoms with Crippen molar-refractivity contribution in [2.24, 2.45) is 0 Å². The number of fused-ring (bicyclic) bond motifs is 1. The van der Waals surface area contributed by atoms with Gasteiger partial charge in [-0.2, -0.15) is 36.5 Å². The molecule has 16 heteroatoms. The topological polar surface area (TPSA) is 107 Å². The molecular formula is C25H12F8N6O2. The average Bonchev–Trinajstić information content (AvgIpc) is 3.32. The molecule has 0 amide bonds. The van der Waals surface area contributed by atoms with Crippen molar-refractivity contribution in [1.82, 2.24) is 29.9 Å². The Hall–Kier alpha value is -5.02. The van der Waals surface area contributed by atoms with Crippen molar-refractivity contribution < 1.29 is 45.0 Å².